The fourth-order valence-corrected chi connectivity index (χ4v) is 5.06. The molecule has 4 nitrogen and oxygen atoms in total. The van der Waals surface area contributed by atoms with Crippen molar-refractivity contribution in [1.29, 1.82) is 0 Å². The van der Waals surface area contributed by atoms with Gasteiger partial charge in [-0.05, 0) is 46.9 Å². The summed E-state index contributed by atoms with van der Waals surface area (Å²) in [5.74, 6) is 1.06. The minimum atomic E-state index is -0.617. The van der Waals surface area contributed by atoms with Gasteiger partial charge < -0.3 is 10.2 Å². The highest BCUT2D eigenvalue weighted by atomic mass is 79.9. The lowest BCUT2D eigenvalue weighted by Gasteiger charge is -2.32. The van der Waals surface area contributed by atoms with E-state index in [1.54, 1.807) is 4.90 Å². The summed E-state index contributed by atoms with van der Waals surface area (Å²) in [6.45, 7) is 5.04. The van der Waals surface area contributed by atoms with Crippen LogP contribution >= 0.6 is 39.3 Å². The van der Waals surface area contributed by atoms with Gasteiger partial charge in [0.15, 0.2) is 0 Å². The van der Waals surface area contributed by atoms with E-state index in [0.29, 0.717) is 36.2 Å². The van der Waals surface area contributed by atoms with E-state index in [-0.39, 0.29) is 17.6 Å². The van der Waals surface area contributed by atoms with Gasteiger partial charge in [0.1, 0.15) is 6.04 Å². The molecular formula is C29H32BrClN2O2S. The van der Waals surface area contributed by atoms with Crippen molar-refractivity contribution in [2.75, 3.05) is 12.3 Å². The normalized spacial score (nSPS) is 11.8. The summed E-state index contributed by atoms with van der Waals surface area (Å²) >= 11 is 11.1. The first-order chi connectivity index (χ1) is 17.3. The predicted molar refractivity (Wildman–Crippen MR) is 154 cm³/mol. The van der Waals surface area contributed by atoms with Crippen LogP contribution in [-0.4, -0.2) is 35.1 Å². The van der Waals surface area contributed by atoms with Gasteiger partial charge in [-0.1, -0.05) is 96.0 Å². The SMILES string of the molecule is CC(C)CNC(=O)[C@@H](Cc1ccccc1)N(Cc1ccc(Br)cc1)C(=O)CSCc1cccc(Cl)c1. The highest BCUT2D eigenvalue weighted by molar-refractivity contribution is 9.10. The molecule has 190 valence electrons. The maximum atomic E-state index is 13.6. The molecular weight excluding hydrogens is 556 g/mol. The lowest BCUT2D eigenvalue weighted by atomic mass is 10.0. The monoisotopic (exact) mass is 586 g/mol. The van der Waals surface area contributed by atoms with E-state index >= 15 is 0 Å². The number of amides is 2. The van der Waals surface area contributed by atoms with Crippen LogP contribution in [0.15, 0.2) is 83.3 Å². The topological polar surface area (TPSA) is 49.4 Å². The van der Waals surface area contributed by atoms with Crippen LogP contribution in [0.4, 0.5) is 0 Å². The predicted octanol–water partition coefficient (Wildman–Crippen LogP) is 6.75. The second-order valence-corrected chi connectivity index (χ2v) is 11.5. The van der Waals surface area contributed by atoms with E-state index in [1.165, 1.54) is 11.8 Å². The first-order valence-corrected chi connectivity index (χ1v) is 14.3. The number of carbonyl (C=O) groups is 2. The number of nitrogens with zero attached hydrogens (tertiary/aromatic N) is 1. The van der Waals surface area contributed by atoms with E-state index in [2.05, 4.69) is 35.1 Å². The van der Waals surface area contributed by atoms with Gasteiger partial charge in [0.2, 0.25) is 11.8 Å². The molecule has 0 saturated heterocycles. The zero-order valence-electron chi connectivity index (χ0n) is 20.6. The third-order valence-electron chi connectivity index (χ3n) is 5.61. The Hall–Kier alpha value is -2.28. The molecule has 0 radical (unpaired) electrons. The zero-order valence-corrected chi connectivity index (χ0v) is 23.8. The lowest BCUT2D eigenvalue weighted by Crippen LogP contribution is -2.51. The maximum absolute atomic E-state index is 13.6. The van der Waals surface area contributed by atoms with Crippen LogP contribution in [0.2, 0.25) is 5.02 Å². The standard InChI is InChI=1S/C29H32BrClN2O2S/c1-21(2)17-32-29(35)27(16-22-7-4-3-5-8-22)33(18-23-11-13-25(30)14-12-23)28(34)20-36-19-24-9-6-10-26(31)15-24/h3-15,21,27H,16-20H2,1-2H3,(H,32,35)/t27-/m1/s1. The van der Waals surface area contributed by atoms with Crippen molar-refractivity contribution in [1.82, 2.24) is 10.2 Å². The largest absolute Gasteiger partial charge is 0.354 e. The quantitative estimate of drug-likeness (QED) is 0.255. The summed E-state index contributed by atoms with van der Waals surface area (Å²) in [6, 6.07) is 24.8. The van der Waals surface area contributed by atoms with Gasteiger partial charge in [-0.3, -0.25) is 9.59 Å². The fraction of sp³-hybridized carbons (Fsp3) is 0.310. The minimum absolute atomic E-state index is 0.0643. The Bertz CT molecular complexity index is 1130. The summed E-state index contributed by atoms with van der Waals surface area (Å²) in [6.07, 6.45) is 0.450. The summed E-state index contributed by atoms with van der Waals surface area (Å²) in [5, 5.41) is 3.74. The second-order valence-electron chi connectivity index (χ2n) is 9.12. The first kappa shape index (κ1) is 28.3. The highest BCUT2D eigenvalue weighted by Gasteiger charge is 2.30. The Labute approximate surface area is 231 Å². The van der Waals surface area contributed by atoms with Crippen LogP contribution in [0.1, 0.15) is 30.5 Å². The number of carbonyl (C=O) groups excluding carboxylic acids is 2. The number of hydrogen-bond donors (Lipinski definition) is 1. The Kier molecular flexibility index (Phi) is 11.4. The average Bonchev–Trinajstić information content (AvgIpc) is 2.86. The molecule has 0 aliphatic rings. The molecule has 7 heteroatoms. The Morgan fingerprint density at radius 2 is 1.64 bits per heavy atom. The Balaban J connectivity index is 1.83. The van der Waals surface area contributed by atoms with Crippen LogP contribution < -0.4 is 5.32 Å². The van der Waals surface area contributed by atoms with Crippen molar-refractivity contribution < 1.29 is 9.59 Å². The van der Waals surface area contributed by atoms with Gasteiger partial charge in [-0.25, -0.2) is 0 Å². The number of halogens is 2. The third kappa shape index (κ3) is 9.30. The molecule has 0 spiro atoms. The molecule has 0 saturated carbocycles. The highest BCUT2D eigenvalue weighted by Crippen LogP contribution is 2.21. The van der Waals surface area contributed by atoms with E-state index < -0.39 is 6.04 Å². The van der Waals surface area contributed by atoms with E-state index in [1.807, 2.05) is 78.9 Å². The van der Waals surface area contributed by atoms with Crippen LogP contribution in [0, 0.1) is 5.92 Å². The van der Waals surface area contributed by atoms with Gasteiger partial charge in [0.25, 0.3) is 0 Å². The average molecular weight is 588 g/mol. The van der Waals surface area contributed by atoms with Crippen molar-refractivity contribution in [2.45, 2.75) is 38.6 Å². The molecule has 3 aromatic rings. The Morgan fingerprint density at radius 3 is 2.31 bits per heavy atom. The van der Waals surface area contributed by atoms with Crippen molar-refractivity contribution >= 4 is 51.1 Å². The van der Waals surface area contributed by atoms with E-state index in [4.69, 9.17) is 11.6 Å². The Morgan fingerprint density at radius 1 is 0.944 bits per heavy atom. The van der Waals surface area contributed by atoms with Crippen molar-refractivity contribution in [3.8, 4) is 0 Å². The molecule has 36 heavy (non-hydrogen) atoms. The van der Waals surface area contributed by atoms with Gasteiger partial charge in [0.05, 0.1) is 5.75 Å². The zero-order chi connectivity index (χ0) is 25.9. The molecule has 2 amide bonds. The van der Waals surface area contributed by atoms with Crippen molar-refractivity contribution in [3.05, 3.63) is 105 Å². The summed E-state index contributed by atoms with van der Waals surface area (Å²) < 4.78 is 0.969. The van der Waals surface area contributed by atoms with Crippen molar-refractivity contribution in [2.24, 2.45) is 5.92 Å². The van der Waals surface area contributed by atoms with Gasteiger partial charge in [0, 0.05) is 34.8 Å². The molecule has 0 aromatic heterocycles. The van der Waals surface area contributed by atoms with Crippen LogP contribution in [-0.2, 0) is 28.3 Å². The molecule has 1 atom stereocenters. The van der Waals surface area contributed by atoms with Gasteiger partial charge >= 0.3 is 0 Å². The maximum Gasteiger partial charge on any atom is 0.243 e. The second kappa shape index (κ2) is 14.5. The van der Waals surface area contributed by atoms with Crippen molar-refractivity contribution in [3.63, 3.8) is 0 Å². The summed E-state index contributed by atoms with van der Waals surface area (Å²) in [4.78, 5) is 28.8. The molecule has 0 aliphatic carbocycles. The van der Waals surface area contributed by atoms with Crippen LogP contribution in [0.5, 0.6) is 0 Å². The van der Waals surface area contributed by atoms with E-state index in [9.17, 15) is 9.59 Å². The van der Waals surface area contributed by atoms with Gasteiger partial charge in [-0.2, -0.15) is 0 Å². The molecule has 3 aromatic carbocycles. The third-order valence-corrected chi connectivity index (χ3v) is 7.36. The van der Waals surface area contributed by atoms with Gasteiger partial charge in [-0.15, -0.1) is 11.8 Å². The fourth-order valence-electron chi connectivity index (χ4n) is 3.73. The van der Waals surface area contributed by atoms with E-state index in [0.717, 1.165) is 21.2 Å². The molecule has 0 fully saturated rings. The number of benzene rings is 3. The number of nitrogens with one attached hydrogen (secondary N) is 1. The summed E-state index contributed by atoms with van der Waals surface area (Å²) in [5.41, 5.74) is 3.05. The molecule has 0 heterocycles. The summed E-state index contributed by atoms with van der Waals surface area (Å²) in [7, 11) is 0. The van der Waals surface area contributed by atoms with Crippen LogP contribution in [0.25, 0.3) is 0 Å². The number of hydrogen-bond acceptors (Lipinski definition) is 3. The first-order valence-electron chi connectivity index (χ1n) is 12.0. The molecule has 0 unspecified atom stereocenters. The lowest BCUT2D eigenvalue weighted by molar-refractivity contribution is -0.139. The smallest absolute Gasteiger partial charge is 0.243 e. The molecule has 3 rings (SSSR count). The molecule has 0 aliphatic heterocycles. The van der Waals surface area contributed by atoms with Crippen LogP contribution in [0.3, 0.4) is 0 Å². The number of rotatable bonds is 12. The molecule has 1 N–H and O–H groups in total. The minimum Gasteiger partial charge on any atom is -0.354 e. The molecule has 0 bridgehead atoms. The number of thioether (sulfide) groups is 1.